The van der Waals surface area contributed by atoms with Crippen molar-refractivity contribution in [3.8, 4) is 0 Å². The quantitative estimate of drug-likeness (QED) is 0.477. The van der Waals surface area contributed by atoms with E-state index >= 15 is 0 Å². The van der Waals surface area contributed by atoms with Gasteiger partial charge in [-0.1, -0.05) is 6.07 Å². The van der Waals surface area contributed by atoms with Gasteiger partial charge in [0.1, 0.15) is 5.82 Å². The summed E-state index contributed by atoms with van der Waals surface area (Å²) >= 11 is 1.63. The molecule has 0 aliphatic carbocycles. The first-order chi connectivity index (χ1) is 13.9. The molecule has 0 aliphatic heterocycles. The number of hydrogen-bond donors (Lipinski definition) is 2. The largest absolute Gasteiger partial charge is 0.329 e. The summed E-state index contributed by atoms with van der Waals surface area (Å²) in [6, 6.07) is 11.6. The Hall–Kier alpha value is -2.80. The highest BCUT2D eigenvalue weighted by atomic mass is 32.2. The molecule has 29 heavy (non-hydrogen) atoms. The lowest BCUT2D eigenvalue weighted by atomic mass is 10.1. The highest BCUT2D eigenvalue weighted by Crippen LogP contribution is 2.21. The first-order valence-electron chi connectivity index (χ1n) is 9.65. The number of carbonyl (C=O) groups excluding carboxylic acids is 2. The van der Waals surface area contributed by atoms with Crippen LogP contribution in [0.15, 0.2) is 41.3 Å². The van der Waals surface area contributed by atoms with Gasteiger partial charge in [-0.2, -0.15) is 0 Å². The van der Waals surface area contributed by atoms with Crippen LogP contribution < -0.4 is 10.9 Å². The van der Waals surface area contributed by atoms with E-state index in [4.69, 9.17) is 0 Å². The summed E-state index contributed by atoms with van der Waals surface area (Å²) in [6.07, 6.45) is 0.316. The number of rotatable bonds is 6. The average molecular weight is 411 g/mol. The van der Waals surface area contributed by atoms with E-state index in [2.05, 4.69) is 59.4 Å². The predicted octanol–water partition coefficient (Wildman–Crippen LogP) is 3.92. The van der Waals surface area contributed by atoms with Crippen molar-refractivity contribution in [3.05, 3.63) is 58.9 Å². The van der Waals surface area contributed by atoms with Crippen molar-refractivity contribution in [1.29, 1.82) is 0 Å². The molecule has 2 N–H and O–H groups in total. The van der Waals surface area contributed by atoms with E-state index < -0.39 is 0 Å². The number of aryl methyl sites for hydroxylation is 4. The maximum atomic E-state index is 12.4. The van der Waals surface area contributed by atoms with Crippen LogP contribution in [0, 0.1) is 20.8 Å². The van der Waals surface area contributed by atoms with E-state index in [-0.39, 0.29) is 11.8 Å². The van der Waals surface area contributed by atoms with E-state index in [1.54, 1.807) is 23.9 Å². The zero-order valence-corrected chi connectivity index (χ0v) is 18.0. The zero-order valence-electron chi connectivity index (χ0n) is 17.2. The Bertz CT molecular complexity index is 1060. The number of amides is 2. The number of fused-ring (bicyclic) bond motifs is 1. The summed E-state index contributed by atoms with van der Waals surface area (Å²) in [5.41, 5.74) is 9.69. The lowest BCUT2D eigenvalue weighted by Crippen LogP contribution is -2.41. The van der Waals surface area contributed by atoms with Crippen LogP contribution in [0.25, 0.3) is 11.0 Å². The molecule has 3 rings (SSSR count). The maximum absolute atomic E-state index is 12.4. The van der Waals surface area contributed by atoms with Gasteiger partial charge in [0.05, 0.1) is 11.0 Å². The van der Waals surface area contributed by atoms with Crippen LogP contribution in [0.1, 0.15) is 40.7 Å². The van der Waals surface area contributed by atoms with Crippen LogP contribution in [0.4, 0.5) is 0 Å². The minimum Gasteiger partial charge on any atom is -0.329 e. The van der Waals surface area contributed by atoms with Crippen LogP contribution in [0.3, 0.4) is 0 Å². The molecule has 0 radical (unpaired) electrons. The smallest absolute Gasteiger partial charge is 0.269 e. The van der Waals surface area contributed by atoms with Gasteiger partial charge < -0.3 is 4.57 Å². The molecule has 0 aliphatic rings. The fourth-order valence-corrected chi connectivity index (χ4v) is 4.06. The molecule has 1 heterocycles. The average Bonchev–Trinajstić information content (AvgIpc) is 3.02. The lowest BCUT2D eigenvalue weighted by molar-refractivity contribution is -0.121. The number of benzene rings is 2. The van der Waals surface area contributed by atoms with Gasteiger partial charge in [0.2, 0.25) is 5.91 Å². The van der Waals surface area contributed by atoms with E-state index in [1.165, 1.54) is 11.1 Å². The lowest BCUT2D eigenvalue weighted by Gasteiger charge is -2.08. The Morgan fingerprint density at radius 2 is 1.83 bits per heavy atom. The maximum Gasteiger partial charge on any atom is 0.269 e. The first kappa shape index (κ1) is 20.9. The van der Waals surface area contributed by atoms with Crippen LogP contribution in [-0.2, 0) is 11.3 Å². The molecule has 152 valence electrons. The fourth-order valence-electron chi connectivity index (χ4n) is 3.12. The van der Waals surface area contributed by atoms with E-state index in [9.17, 15) is 9.59 Å². The van der Waals surface area contributed by atoms with Gasteiger partial charge in [0, 0.05) is 29.2 Å². The van der Waals surface area contributed by atoms with Crippen molar-refractivity contribution in [2.24, 2.45) is 0 Å². The molecule has 1 aromatic heterocycles. The minimum atomic E-state index is -0.356. The second-order valence-corrected chi connectivity index (χ2v) is 8.12. The molecular formula is C22H26N4O2S. The molecule has 2 aromatic carbocycles. The van der Waals surface area contributed by atoms with Gasteiger partial charge in [-0.25, -0.2) is 4.98 Å². The third-order valence-electron chi connectivity index (χ3n) is 4.91. The summed E-state index contributed by atoms with van der Waals surface area (Å²) in [7, 11) is 0. The highest BCUT2D eigenvalue weighted by molar-refractivity contribution is 7.99. The van der Waals surface area contributed by atoms with Crippen molar-refractivity contribution in [2.45, 2.75) is 45.6 Å². The molecule has 6 nitrogen and oxygen atoms in total. The monoisotopic (exact) mass is 410 g/mol. The van der Waals surface area contributed by atoms with Crippen molar-refractivity contribution in [3.63, 3.8) is 0 Å². The second-order valence-electron chi connectivity index (χ2n) is 6.95. The molecule has 3 aromatic rings. The van der Waals surface area contributed by atoms with Crippen molar-refractivity contribution < 1.29 is 9.59 Å². The number of imidazole rings is 1. The summed E-state index contributed by atoms with van der Waals surface area (Å²) in [5.74, 6) is 0.978. The Kier molecular flexibility index (Phi) is 6.59. The Labute approximate surface area is 175 Å². The molecule has 0 bridgehead atoms. The topological polar surface area (TPSA) is 76.0 Å². The van der Waals surface area contributed by atoms with Crippen LogP contribution >= 0.6 is 11.8 Å². The van der Waals surface area contributed by atoms with Crippen LogP contribution in [0.2, 0.25) is 0 Å². The summed E-state index contributed by atoms with van der Waals surface area (Å²) < 4.78 is 2.09. The van der Waals surface area contributed by atoms with Gasteiger partial charge in [-0.3, -0.25) is 20.4 Å². The highest BCUT2D eigenvalue weighted by Gasteiger charge is 2.12. The van der Waals surface area contributed by atoms with Gasteiger partial charge >= 0.3 is 0 Å². The predicted molar refractivity (Wildman–Crippen MR) is 117 cm³/mol. The van der Waals surface area contributed by atoms with Gasteiger partial charge in [-0.15, -0.1) is 11.8 Å². The molecule has 7 heteroatoms. The summed E-state index contributed by atoms with van der Waals surface area (Å²) in [5, 5.41) is 0. The minimum absolute atomic E-state index is 0.220. The SMILES string of the molecule is CCn1c(C)nc2cc(C(=O)NNC(=O)CCSc3ccc(C)c(C)c3)ccc21. The number of aromatic nitrogens is 2. The zero-order chi connectivity index (χ0) is 21.0. The number of nitrogens with zero attached hydrogens (tertiary/aromatic N) is 2. The van der Waals surface area contributed by atoms with Crippen molar-refractivity contribution >= 4 is 34.6 Å². The second kappa shape index (κ2) is 9.13. The molecule has 0 unspecified atom stereocenters. The molecule has 0 fully saturated rings. The molecule has 0 saturated heterocycles. The third-order valence-corrected chi connectivity index (χ3v) is 5.90. The Balaban J connectivity index is 1.50. The van der Waals surface area contributed by atoms with Gasteiger partial charge in [0.15, 0.2) is 0 Å². The third kappa shape index (κ3) is 4.98. The van der Waals surface area contributed by atoms with Crippen LogP contribution in [0.5, 0.6) is 0 Å². The Morgan fingerprint density at radius 3 is 2.55 bits per heavy atom. The Morgan fingerprint density at radius 1 is 1.03 bits per heavy atom. The summed E-state index contributed by atoms with van der Waals surface area (Å²) in [6.45, 7) is 8.98. The number of carbonyl (C=O) groups is 2. The van der Waals surface area contributed by atoms with Crippen molar-refractivity contribution in [1.82, 2.24) is 20.4 Å². The number of hydrogen-bond acceptors (Lipinski definition) is 4. The van der Waals surface area contributed by atoms with E-state index in [0.717, 1.165) is 28.3 Å². The van der Waals surface area contributed by atoms with Crippen molar-refractivity contribution in [2.75, 3.05) is 5.75 Å². The number of thioether (sulfide) groups is 1. The molecule has 0 atom stereocenters. The molecule has 2 amide bonds. The number of hydrazine groups is 1. The number of nitrogens with one attached hydrogen (secondary N) is 2. The van der Waals surface area contributed by atoms with Gasteiger partial charge in [-0.05, 0) is 69.2 Å². The standard InChI is InChI=1S/C22H26N4O2S/c1-5-26-16(4)23-19-13-17(7-9-20(19)26)22(28)25-24-21(27)10-11-29-18-8-6-14(2)15(3)12-18/h6-9,12-13H,5,10-11H2,1-4H3,(H,24,27)(H,25,28). The normalized spacial score (nSPS) is 10.9. The molecular weight excluding hydrogens is 384 g/mol. The molecule has 0 spiro atoms. The summed E-state index contributed by atoms with van der Waals surface area (Å²) in [4.78, 5) is 30.0. The first-order valence-corrected chi connectivity index (χ1v) is 10.6. The molecule has 0 saturated carbocycles. The van der Waals surface area contributed by atoms with E-state index in [1.807, 2.05) is 13.0 Å². The fraction of sp³-hybridized carbons (Fsp3) is 0.318. The van der Waals surface area contributed by atoms with E-state index in [0.29, 0.717) is 17.7 Å². The van der Waals surface area contributed by atoms with Gasteiger partial charge in [0.25, 0.3) is 5.91 Å². The van der Waals surface area contributed by atoms with Crippen LogP contribution in [-0.4, -0.2) is 27.1 Å².